The number of rotatable bonds is 11. The summed E-state index contributed by atoms with van der Waals surface area (Å²) in [4.78, 5) is 0. The first-order valence-corrected chi connectivity index (χ1v) is 11.0. The Labute approximate surface area is 181 Å². The zero-order chi connectivity index (χ0) is 21.7. The maximum Gasteiger partial charge on any atom is 0.124 e. The van der Waals surface area contributed by atoms with Gasteiger partial charge >= 0.3 is 0 Å². The number of hydrogen-bond donors (Lipinski definition) is 2. The average Bonchev–Trinajstić information content (AvgIpc) is 3.55. The fourth-order valence-electron chi connectivity index (χ4n) is 3.93. The van der Waals surface area contributed by atoms with E-state index in [1.165, 1.54) is 29.5 Å². The summed E-state index contributed by atoms with van der Waals surface area (Å²) in [6, 6.07) is 14.7. The molecular weight excluding hydrogens is 374 g/mol. The standard InChI is InChI=1S/C26H37NO3/c1-18-10-11-20(14-19(18)2)15-26(3,4)27-16-22(28)17-30-25(21-12-13-21)23-8-6-7-9-24(23)29-5/h6-11,14,21-22,25,27-28H,12-13,15-17H2,1-5H3/t22-,25-/m1/s1. The predicted octanol–water partition coefficient (Wildman–Crippen LogP) is 4.75. The number of aryl methyl sites for hydroxylation is 2. The number of benzene rings is 2. The van der Waals surface area contributed by atoms with Gasteiger partial charge in [-0.15, -0.1) is 0 Å². The number of hydrogen-bond acceptors (Lipinski definition) is 4. The highest BCUT2D eigenvalue weighted by molar-refractivity contribution is 5.36. The second-order valence-electron chi connectivity index (χ2n) is 9.35. The van der Waals surface area contributed by atoms with Crippen molar-refractivity contribution in [3.63, 3.8) is 0 Å². The van der Waals surface area contributed by atoms with Crippen LogP contribution in [0.1, 0.15) is 55.0 Å². The second kappa shape index (κ2) is 9.95. The minimum absolute atomic E-state index is 0.0145. The van der Waals surface area contributed by atoms with Gasteiger partial charge in [-0.3, -0.25) is 0 Å². The van der Waals surface area contributed by atoms with Crippen LogP contribution in [0.15, 0.2) is 42.5 Å². The lowest BCUT2D eigenvalue weighted by molar-refractivity contribution is -0.0219. The zero-order valence-corrected chi connectivity index (χ0v) is 19.1. The molecule has 1 saturated carbocycles. The largest absolute Gasteiger partial charge is 0.496 e. The first-order valence-electron chi connectivity index (χ1n) is 11.0. The SMILES string of the molecule is COc1ccccc1[C@H](OC[C@H](O)CNC(C)(C)Cc1ccc(C)c(C)c1)C1CC1. The van der Waals surface area contributed by atoms with Crippen molar-refractivity contribution in [2.45, 2.75) is 64.7 Å². The van der Waals surface area contributed by atoms with E-state index in [0.29, 0.717) is 19.1 Å². The highest BCUT2D eigenvalue weighted by Crippen LogP contribution is 2.45. The number of aliphatic hydroxyl groups excluding tert-OH is 1. The third-order valence-electron chi connectivity index (χ3n) is 6.00. The summed E-state index contributed by atoms with van der Waals surface area (Å²) >= 11 is 0. The molecule has 2 aromatic carbocycles. The van der Waals surface area contributed by atoms with E-state index in [1.54, 1.807) is 7.11 Å². The van der Waals surface area contributed by atoms with Gasteiger partial charge in [-0.25, -0.2) is 0 Å². The molecule has 4 heteroatoms. The van der Waals surface area contributed by atoms with Gasteiger partial charge in [-0.2, -0.15) is 0 Å². The first-order chi connectivity index (χ1) is 14.3. The van der Waals surface area contributed by atoms with Gasteiger partial charge in [-0.05, 0) is 75.6 Å². The normalized spacial score (nSPS) is 16.3. The Morgan fingerprint density at radius 2 is 1.83 bits per heavy atom. The number of aliphatic hydroxyl groups is 1. The number of ether oxygens (including phenoxy) is 2. The molecule has 0 heterocycles. The van der Waals surface area contributed by atoms with Crippen molar-refractivity contribution in [2.75, 3.05) is 20.3 Å². The molecule has 1 aliphatic rings. The van der Waals surface area contributed by atoms with Crippen LogP contribution in [0.2, 0.25) is 0 Å². The third-order valence-corrected chi connectivity index (χ3v) is 6.00. The summed E-state index contributed by atoms with van der Waals surface area (Å²) in [5.41, 5.74) is 4.92. The first kappa shape index (κ1) is 22.8. The molecule has 0 aromatic heterocycles. The molecule has 1 aliphatic carbocycles. The summed E-state index contributed by atoms with van der Waals surface area (Å²) in [5.74, 6) is 1.37. The molecule has 164 valence electrons. The molecule has 0 unspecified atom stereocenters. The van der Waals surface area contributed by atoms with Crippen molar-refractivity contribution in [1.29, 1.82) is 0 Å². The highest BCUT2D eigenvalue weighted by atomic mass is 16.5. The zero-order valence-electron chi connectivity index (χ0n) is 19.1. The topological polar surface area (TPSA) is 50.7 Å². The van der Waals surface area contributed by atoms with Gasteiger partial charge in [0.05, 0.1) is 25.9 Å². The smallest absolute Gasteiger partial charge is 0.124 e. The van der Waals surface area contributed by atoms with Crippen LogP contribution in [0.25, 0.3) is 0 Å². The minimum Gasteiger partial charge on any atom is -0.496 e. The number of para-hydroxylation sites is 1. The van der Waals surface area contributed by atoms with Crippen LogP contribution in [0.5, 0.6) is 5.75 Å². The van der Waals surface area contributed by atoms with E-state index >= 15 is 0 Å². The molecule has 1 fully saturated rings. The van der Waals surface area contributed by atoms with E-state index in [9.17, 15) is 5.11 Å². The predicted molar refractivity (Wildman–Crippen MR) is 122 cm³/mol. The molecule has 0 spiro atoms. The fourth-order valence-corrected chi connectivity index (χ4v) is 3.93. The van der Waals surface area contributed by atoms with Gasteiger partial charge < -0.3 is 19.9 Å². The van der Waals surface area contributed by atoms with E-state index in [0.717, 1.165) is 17.7 Å². The molecule has 0 saturated heterocycles. The van der Waals surface area contributed by atoms with Crippen molar-refractivity contribution in [1.82, 2.24) is 5.32 Å². The van der Waals surface area contributed by atoms with Crippen LogP contribution in [0.3, 0.4) is 0 Å². The molecule has 0 radical (unpaired) electrons. The summed E-state index contributed by atoms with van der Waals surface area (Å²) in [6.45, 7) is 9.46. The molecule has 30 heavy (non-hydrogen) atoms. The van der Waals surface area contributed by atoms with Crippen molar-refractivity contribution < 1.29 is 14.6 Å². The van der Waals surface area contributed by atoms with Crippen LogP contribution in [0, 0.1) is 19.8 Å². The van der Waals surface area contributed by atoms with Gasteiger partial charge in [0, 0.05) is 17.6 Å². The lowest BCUT2D eigenvalue weighted by atomic mass is 9.93. The van der Waals surface area contributed by atoms with Crippen LogP contribution < -0.4 is 10.1 Å². The maximum absolute atomic E-state index is 10.6. The lowest BCUT2D eigenvalue weighted by Crippen LogP contribution is -2.46. The minimum atomic E-state index is -0.556. The van der Waals surface area contributed by atoms with Gasteiger partial charge in [-0.1, -0.05) is 36.4 Å². The van der Waals surface area contributed by atoms with Crippen molar-refractivity contribution in [3.8, 4) is 5.75 Å². The van der Waals surface area contributed by atoms with Crippen LogP contribution in [0.4, 0.5) is 0 Å². The van der Waals surface area contributed by atoms with Crippen LogP contribution in [-0.2, 0) is 11.2 Å². The molecule has 0 aliphatic heterocycles. The molecule has 2 aromatic rings. The molecule has 2 N–H and O–H groups in total. The Hall–Kier alpha value is -1.88. The molecular formula is C26H37NO3. The summed E-state index contributed by atoms with van der Waals surface area (Å²) in [6.07, 6.45) is 2.67. The quantitative estimate of drug-likeness (QED) is 0.560. The monoisotopic (exact) mass is 411 g/mol. The van der Waals surface area contributed by atoms with Crippen LogP contribution in [-0.4, -0.2) is 37.0 Å². The molecule has 0 bridgehead atoms. The fraction of sp³-hybridized carbons (Fsp3) is 0.538. The van der Waals surface area contributed by atoms with E-state index < -0.39 is 6.10 Å². The number of nitrogens with one attached hydrogen (secondary N) is 1. The maximum atomic E-state index is 10.6. The van der Waals surface area contributed by atoms with E-state index in [1.807, 2.05) is 18.2 Å². The Bertz CT molecular complexity index is 829. The number of β-amino-alcohol motifs (C(OH)–C–C–N with tert-alkyl or cyclic N) is 1. The van der Waals surface area contributed by atoms with Crippen molar-refractivity contribution in [2.24, 2.45) is 5.92 Å². The highest BCUT2D eigenvalue weighted by Gasteiger charge is 2.35. The summed E-state index contributed by atoms with van der Waals surface area (Å²) in [5, 5.41) is 14.1. The van der Waals surface area contributed by atoms with Crippen molar-refractivity contribution >= 4 is 0 Å². The molecule has 3 rings (SSSR count). The van der Waals surface area contributed by atoms with Crippen LogP contribution >= 0.6 is 0 Å². The molecule has 2 atom stereocenters. The van der Waals surface area contributed by atoms with E-state index in [4.69, 9.17) is 9.47 Å². The van der Waals surface area contributed by atoms with Gasteiger partial charge in [0.15, 0.2) is 0 Å². The summed E-state index contributed by atoms with van der Waals surface area (Å²) < 4.78 is 11.7. The molecule has 4 nitrogen and oxygen atoms in total. The Kier molecular flexibility index (Phi) is 7.56. The van der Waals surface area contributed by atoms with Gasteiger partial charge in [0.2, 0.25) is 0 Å². The van der Waals surface area contributed by atoms with E-state index in [2.05, 4.69) is 57.3 Å². The molecule has 0 amide bonds. The Morgan fingerprint density at radius 1 is 1.10 bits per heavy atom. The Balaban J connectivity index is 1.51. The lowest BCUT2D eigenvalue weighted by Gasteiger charge is -2.29. The number of methoxy groups -OCH3 is 1. The Morgan fingerprint density at radius 3 is 2.50 bits per heavy atom. The second-order valence-corrected chi connectivity index (χ2v) is 9.35. The van der Waals surface area contributed by atoms with Gasteiger partial charge in [0.1, 0.15) is 5.75 Å². The average molecular weight is 412 g/mol. The summed E-state index contributed by atoms with van der Waals surface area (Å²) in [7, 11) is 1.69. The van der Waals surface area contributed by atoms with E-state index in [-0.39, 0.29) is 11.6 Å². The van der Waals surface area contributed by atoms with Gasteiger partial charge in [0.25, 0.3) is 0 Å². The third kappa shape index (κ3) is 6.31. The van der Waals surface area contributed by atoms with Crippen molar-refractivity contribution in [3.05, 3.63) is 64.7 Å².